The molecule has 0 saturated carbocycles. The number of benzene rings is 1. The molecule has 1 aliphatic heterocycles. The number of carbonyl (C=O) groups excluding carboxylic acids is 1. The Morgan fingerprint density at radius 3 is 2.78 bits per heavy atom. The summed E-state index contributed by atoms with van der Waals surface area (Å²) >= 11 is 0. The van der Waals surface area contributed by atoms with Crippen LogP contribution in [-0.4, -0.2) is 57.1 Å². The number of likely N-dealkylation sites (tertiary alicyclic amines) is 1. The van der Waals surface area contributed by atoms with Gasteiger partial charge in [0.2, 0.25) is 11.6 Å². The molecule has 1 saturated heterocycles. The molecule has 0 bridgehead atoms. The first-order valence-electron chi connectivity index (χ1n) is 10.4. The van der Waals surface area contributed by atoms with E-state index in [0.29, 0.717) is 5.39 Å². The Morgan fingerprint density at radius 2 is 2.03 bits per heavy atom. The van der Waals surface area contributed by atoms with Crippen LogP contribution in [0.1, 0.15) is 30.3 Å². The van der Waals surface area contributed by atoms with Gasteiger partial charge in [-0.05, 0) is 57.1 Å². The van der Waals surface area contributed by atoms with Crippen LogP contribution in [0.3, 0.4) is 0 Å². The third-order valence-corrected chi connectivity index (χ3v) is 6.60. The van der Waals surface area contributed by atoms with Crippen molar-refractivity contribution in [2.75, 3.05) is 31.5 Å². The molecule has 0 aliphatic carbocycles. The molecular weight excluding hydrogens is 434 g/mol. The molecule has 4 rings (SSSR count). The van der Waals surface area contributed by atoms with Crippen LogP contribution >= 0.6 is 0 Å². The standard InChI is InChI=1S/C22H25N3O6S/c1-3-29-22(26)20-13-15-6-7-17(14-19(15)31-20)32(27,28)24-18-5-4-10-23-21(18)30-16-8-11-25(2)12-9-16/h4-7,10,13-14,16,24H,3,8-9,11-12H2,1-2H3. The summed E-state index contributed by atoms with van der Waals surface area (Å²) in [6.07, 6.45) is 3.23. The number of hydrogen-bond acceptors (Lipinski definition) is 8. The number of rotatable bonds is 7. The number of nitrogens with one attached hydrogen (secondary N) is 1. The lowest BCUT2D eigenvalue weighted by atomic mass is 10.1. The van der Waals surface area contributed by atoms with Gasteiger partial charge < -0.3 is 18.8 Å². The molecule has 1 N–H and O–H groups in total. The Labute approximate surface area is 186 Å². The predicted molar refractivity (Wildman–Crippen MR) is 118 cm³/mol. The van der Waals surface area contributed by atoms with Crippen molar-refractivity contribution >= 4 is 32.6 Å². The summed E-state index contributed by atoms with van der Waals surface area (Å²) < 4.78 is 45.1. The van der Waals surface area contributed by atoms with Gasteiger partial charge in [0.1, 0.15) is 17.4 Å². The average molecular weight is 460 g/mol. The Morgan fingerprint density at radius 1 is 1.25 bits per heavy atom. The first kappa shape index (κ1) is 22.1. The summed E-state index contributed by atoms with van der Waals surface area (Å²) in [7, 11) is -1.89. The number of hydrogen-bond donors (Lipinski definition) is 1. The largest absolute Gasteiger partial charge is 0.473 e. The van der Waals surface area contributed by atoms with Crippen molar-refractivity contribution in [3.63, 3.8) is 0 Å². The SMILES string of the molecule is CCOC(=O)c1cc2ccc(S(=O)(=O)Nc3cccnc3OC3CCN(C)CC3)cc2o1. The molecule has 0 atom stereocenters. The Bertz CT molecular complexity index is 1220. The van der Waals surface area contributed by atoms with Gasteiger partial charge in [0.05, 0.1) is 11.5 Å². The van der Waals surface area contributed by atoms with Crippen LogP contribution in [-0.2, 0) is 14.8 Å². The van der Waals surface area contributed by atoms with Crippen molar-refractivity contribution in [3.8, 4) is 5.88 Å². The molecule has 0 spiro atoms. The molecule has 2 aromatic heterocycles. The average Bonchev–Trinajstić information content (AvgIpc) is 3.20. The van der Waals surface area contributed by atoms with Crippen molar-refractivity contribution < 1.29 is 27.1 Å². The number of carbonyl (C=O) groups is 1. The van der Waals surface area contributed by atoms with E-state index in [0.717, 1.165) is 25.9 Å². The molecule has 0 unspecified atom stereocenters. The normalized spacial score (nSPS) is 15.6. The van der Waals surface area contributed by atoms with Gasteiger partial charge in [-0.1, -0.05) is 0 Å². The van der Waals surface area contributed by atoms with E-state index in [1.54, 1.807) is 31.3 Å². The number of anilines is 1. The highest BCUT2D eigenvalue weighted by Gasteiger charge is 2.23. The number of ether oxygens (including phenoxy) is 2. The van der Waals surface area contributed by atoms with Crippen LogP contribution in [0.15, 0.2) is 51.9 Å². The third-order valence-electron chi connectivity index (χ3n) is 5.24. The lowest BCUT2D eigenvalue weighted by molar-refractivity contribution is 0.0492. The second-order valence-corrected chi connectivity index (χ2v) is 9.30. The topological polar surface area (TPSA) is 111 Å². The van der Waals surface area contributed by atoms with E-state index in [1.165, 1.54) is 18.2 Å². The van der Waals surface area contributed by atoms with Crippen molar-refractivity contribution in [2.45, 2.75) is 30.8 Å². The highest BCUT2D eigenvalue weighted by molar-refractivity contribution is 7.92. The first-order valence-corrected chi connectivity index (χ1v) is 11.9. The molecule has 3 aromatic rings. The number of nitrogens with zero attached hydrogens (tertiary/aromatic N) is 2. The molecule has 10 heteroatoms. The lowest BCUT2D eigenvalue weighted by Gasteiger charge is -2.29. The number of aromatic nitrogens is 1. The number of pyridine rings is 1. The zero-order chi connectivity index (χ0) is 22.7. The third kappa shape index (κ3) is 4.86. The van der Waals surface area contributed by atoms with Gasteiger partial charge in [0.15, 0.2) is 0 Å². The summed E-state index contributed by atoms with van der Waals surface area (Å²) in [5.41, 5.74) is 0.531. The van der Waals surface area contributed by atoms with Crippen LogP contribution < -0.4 is 9.46 Å². The molecule has 170 valence electrons. The maximum Gasteiger partial charge on any atom is 0.374 e. The van der Waals surface area contributed by atoms with E-state index < -0.39 is 16.0 Å². The fourth-order valence-corrected chi connectivity index (χ4v) is 4.58. The monoisotopic (exact) mass is 459 g/mol. The van der Waals surface area contributed by atoms with Gasteiger partial charge >= 0.3 is 5.97 Å². The van der Waals surface area contributed by atoms with Crippen molar-refractivity contribution in [1.29, 1.82) is 0 Å². The molecule has 0 amide bonds. The van der Waals surface area contributed by atoms with Gasteiger partial charge in [-0.2, -0.15) is 0 Å². The van der Waals surface area contributed by atoms with Gasteiger partial charge in [-0.25, -0.2) is 18.2 Å². The summed E-state index contributed by atoms with van der Waals surface area (Å²) in [4.78, 5) is 18.3. The zero-order valence-corrected chi connectivity index (χ0v) is 18.7. The van der Waals surface area contributed by atoms with Gasteiger partial charge in [-0.3, -0.25) is 4.72 Å². The molecule has 32 heavy (non-hydrogen) atoms. The lowest BCUT2D eigenvalue weighted by Crippen LogP contribution is -2.36. The first-order chi connectivity index (χ1) is 15.4. The van der Waals surface area contributed by atoms with Crippen LogP contribution in [0.2, 0.25) is 0 Å². The van der Waals surface area contributed by atoms with Crippen molar-refractivity contribution in [3.05, 3.63) is 48.4 Å². The van der Waals surface area contributed by atoms with Crippen LogP contribution in [0.4, 0.5) is 5.69 Å². The molecule has 1 fully saturated rings. The van der Waals surface area contributed by atoms with E-state index in [-0.39, 0.29) is 40.5 Å². The number of fused-ring (bicyclic) bond motifs is 1. The minimum atomic E-state index is -3.95. The molecule has 0 radical (unpaired) electrons. The summed E-state index contributed by atoms with van der Waals surface area (Å²) in [6, 6.07) is 9.16. The maximum absolute atomic E-state index is 13.0. The smallest absolute Gasteiger partial charge is 0.374 e. The van der Waals surface area contributed by atoms with Crippen molar-refractivity contribution in [1.82, 2.24) is 9.88 Å². The quantitative estimate of drug-likeness (QED) is 0.536. The summed E-state index contributed by atoms with van der Waals surface area (Å²) in [5, 5.41) is 0.597. The number of piperidine rings is 1. The second-order valence-electron chi connectivity index (χ2n) is 7.61. The van der Waals surface area contributed by atoms with E-state index in [4.69, 9.17) is 13.9 Å². The predicted octanol–water partition coefficient (Wildman–Crippen LogP) is 3.28. The Kier molecular flexibility index (Phi) is 6.33. The van der Waals surface area contributed by atoms with Gasteiger partial charge in [-0.15, -0.1) is 0 Å². The second kappa shape index (κ2) is 9.17. The minimum Gasteiger partial charge on any atom is -0.473 e. The highest BCUT2D eigenvalue weighted by Crippen LogP contribution is 2.29. The van der Waals surface area contributed by atoms with Crippen molar-refractivity contribution in [2.24, 2.45) is 0 Å². The molecule has 1 aromatic carbocycles. The number of sulfonamides is 1. The van der Waals surface area contributed by atoms with E-state index in [2.05, 4.69) is 21.7 Å². The van der Waals surface area contributed by atoms with Gasteiger partial charge in [0.25, 0.3) is 10.0 Å². The Balaban J connectivity index is 1.55. The maximum atomic E-state index is 13.0. The molecule has 9 nitrogen and oxygen atoms in total. The number of furan rings is 1. The molecular formula is C22H25N3O6S. The van der Waals surface area contributed by atoms with Crippen LogP contribution in [0.25, 0.3) is 11.0 Å². The fraction of sp³-hybridized carbons (Fsp3) is 0.364. The molecule has 1 aliphatic rings. The summed E-state index contributed by atoms with van der Waals surface area (Å²) in [5.74, 6) is -0.336. The van der Waals surface area contributed by atoms with Crippen LogP contribution in [0.5, 0.6) is 5.88 Å². The zero-order valence-electron chi connectivity index (χ0n) is 17.9. The van der Waals surface area contributed by atoms with Gasteiger partial charge in [0, 0.05) is 30.7 Å². The minimum absolute atomic E-state index is 0.0103. The Hall–Kier alpha value is -3.11. The van der Waals surface area contributed by atoms with Crippen LogP contribution in [0, 0.1) is 0 Å². The number of esters is 1. The summed E-state index contributed by atoms with van der Waals surface area (Å²) in [6.45, 7) is 3.73. The van der Waals surface area contributed by atoms with E-state index >= 15 is 0 Å². The molecule has 3 heterocycles. The van der Waals surface area contributed by atoms with E-state index in [9.17, 15) is 13.2 Å². The highest BCUT2D eigenvalue weighted by atomic mass is 32.2. The fourth-order valence-electron chi connectivity index (χ4n) is 3.51. The van der Waals surface area contributed by atoms with E-state index in [1.807, 2.05) is 0 Å².